The number of amides is 1. The number of carbonyl (C=O) groups is 2. The van der Waals surface area contributed by atoms with Crippen LogP contribution in [0.5, 0.6) is 0 Å². The molecular weight excluding hydrogens is 234 g/mol. The number of carboxylic acid groups (broad SMARTS) is 1. The maximum Gasteiger partial charge on any atom is 0.322 e. The molecule has 94 valence electrons. The van der Waals surface area contributed by atoms with E-state index >= 15 is 0 Å². The van der Waals surface area contributed by atoms with Crippen molar-refractivity contribution < 1.29 is 14.7 Å². The van der Waals surface area contributed by atoms with Gasteiger partial charge in [-0.3, -0.25) is 9.59 Å². The van der Waals surface area contributed by atoms with Gasteiger partial charge in [0.05, 0.1) is 18.2 Å². The molecule has 0 saturated heterocycles. The summed E-state index contributed by atoms with van der Waals surface area (Å²) in [5.74, 6) is -1.49. The SMILES string of the molecule is Cc1cc(C#N)ccc1NCC(=O)NCC(=O)O. The number of hydrogen-bond donors (Lipinski definition) is 3. The third-order valence-electron chi connectivity index (χ3n) is 2.23. The van der Waals surface area contributed by atoms with Crippen LogP contribution in [0.2, 0.25) is 0 Å². The fraction of sp³-hybridized carbons (Fsp3) is 0.250. The van der Waals surface area contributed by atoms with Crippen LogP contribution in [0.3, 0.4) is 0 Å². The summed E-state index contributed by atoms with van der Waals surface area (Å²) in [6.07, 6.45) is 0. The number of nitriles is 1. The Labute approximate surface area is 104 Å². The zero-order valence-electron chi connectivity index (χ0n) is 9.86. The number of rotatable bonds is 5. The summed E-state index contributed by atoms with van der Waals surface area (Å²) in [4.78, 5) is 21.5. The van der Waals surface area contributed by atoms with Gasteiger partial charge in [-0.1, -0.05) is 0 Å². The van der Waals surface area contributed by atoms with Crippen molar-refractivity contribution in [1.29, 1.82) is 5.26 Å². The Morgan fingerprint density at radius 1 is 1.39 bits per heavy atom. The van der Waals surface area contributed by atoms with Gasteiger partial charge in [-0.25, -0.2) is 0 Å². The molecule has 1 aromatic carbocycles. The molecule has 0 heterocycles. The van der Waals surface area contributed by atoms with Gasteiger partial charge in [-0.2, -0.15) is 5.26 Å². The predicted octanol–water partition coefficient (Wildman–Crippen LogP) is 0.479. The molecule has 1 aromatic rings. The molecule has 0 aromatic heterocycles. The average molecular weight is 247 g/mol. The maximum absolute atomic E-state index is 11.3. The largest absolute Gasteiger partial charge is 0.480 e. The van der Waals surface area contributed by atoms with Gasteiger partial charge in [0.15, 0.2) is 0 Å². The summed E-state index contributed by atoms with van der Waals surface area (Å²) >= 11 is 0. The Bertz CT molecular complexity index is 506. The van der Waals surface area contributed by atoms with Crippen LogP contribution in [0.25, 0.3) is 0 Å². The number of aryl methyl sites for hydroxylation is 1. The molecule has 0 saturated carbocycles. The van der Waals surface area contributed by atoms with Crippen molar-refractivity contribution in [2.75, 3.05) is 18.4 Å². The van der Waals surface area contributed by atoms with Gasteiger partial charge >= 0.3 is 5.97 Å². The van der Waals surface area contributed by atoms with Gasteiger partial charge in [0.25, 0.3) is 0 Å². The highest BCUT2D eigenvalue weighted by Gasteiger charge is 2.05. The van der Waals surface area contributed by atoms with Gasteiger partial charge in [-0.05, 0) is 30.7 Å². The Hall–Kier alpha value is -2.55. The maximum atomic E-state index is 11.3. The molecule has 0 unspecified atom stereocenters. The second-order valence-electron chi connectivity index (χ2n) is 3.67. The molecule has 1 amide bonds. The van der Waals surface area contributed by atoms with Crippen molar-refractivity contribution in [2.45, 2.75) is 6.92 Å². The van der Waals surface area contributed by atoms with Crippen LogP contribution in [-0.2, 0) is 9.59 Å². The molecule has 0 atom stereocenters. The van der Waals surface area contributed by atoms with E-state index in [0.29, 0.717) is 5.56 Å². The van der Waals surface area contributed by atoms with Crippen molar-refractivity contribution >= 4 is 17.6 Å². The highest BCUT2D eigenvalue weighted by molar-refractivity contribution is 5.84. The molecule has 0 bridgehead atoms. The zero-order chi connectivity index (χ0) is 13.5. The van der Waals surface area contributed by atoms with Crippen molar-refractivity contribution in [2.24, 2.45) is 0 Å². The summed E-state index contributed by atoms with van der Waals surface area (Å²) in [7, 11) is 0. The first kappa shape index (κ1) is 13.5. The van der Waals surface area contributed by atoms with Gasteiger partial charge in [0.1, 0.15) is 6.54 Å². The third kappa shape index (κ3) is 4.14. The van der Waals surface area contributed by atoms with E-state index in [0.717, 1.165) is 11.3 Å². The summed E-state index contributed by atoms with van der Waals surface area (Å²) in [5, 5.41) is 22.2. The fourth-order valence-corrected chi connectivity index (χ4v) is 1.34. The topological polar surface area (TPSA) is 102 Å². The lowest BCUT2D eigenvalue weighted by Crippen LogP contribution is -2.33. The minimum atomic E-state index is -1.09. The zero-order valence-corrected chi connectivity index (χ0v) is 9.86. The molecule has 0 aliphatic heterocycles. The minimum Gasteiger partial charge on any atom is -0.480 e. The van der Waals surface area contributed by atoms with E-state index in [9.17, 15) is 9.59 Å². The molecule has 0 aliphatic carbocycles. The molecule has 6 nitrogen and oxygen atoms in total. The molecule has 0 aliphatic rings. The van der Waals surface area contributed by atoms with Crippen LogP contribution in [0.15, 0.2) is 18.2 Å². The van der Waals surface area contributed by atoms with E-state index in [1.54, 1.807) is 18.2 Å². The van der Waals surface area contributed by atoms with Gasteiger partial charge in [-0.15, -0.1) is 0 Å². The molecular formula is C12H13N3O3. The van der Waals surface area contributed by atoms with Crippen LogP contribution >= 0.6 is 0 Å². The van der Waals surface area contributed by atoms with Crippen LogP contribution in [0, 0.1) is 18.3 Å². The van der Waals surface area contributed by atoms with E-state index in [2.05, 4.69) is 10.6 Å². The fourth-order valence-electron chi connectivity index (χ4n) is 1.34. The van der Waals surface area contributed by atoms with Crippen LogP contribution in [0.4, 0.5) is 5.69 Å². The molecule has 6 heteroatoms. The summed E-state index contributed by atoms with van der Waals surface area (Å²) < 4.78 is 0. The lowest BCUT2D eigenvalue weighted by molar-refractivity contribution is -0.137. The van der Waals surface area contributed by atoms with Crippen molar-refractivity contribution in [3.05, 3.63) is 29.3 Å². The van der Waals surface area contributed by atoms with Gasteiger partial charge in [0, 0.05) is 5.69 Å². The Morgan fingerprint density at radius 3 is 2.67 bits per heavy atom. The van der Waals surface area contributed by atoms with Crippen molar-refractivity contribution in [1.82, 2.24) is 5.32 Å². The first-order valence-electron chi connectivity index (χ1n) is 5.26. The molecule has 0 fully saturated rings. The second-order valence-corrected chi connectivity index (χ2v) is 3.67. The lowest BCUT2D eigenvalue weighted by atomic mass is 10.1. The highest BCUT2D eigenvalue weighted by Crippen LogP contribution is 2.15. The van der Waals surface area contributed by atoms with Crippen molar-refractivity contribution in [3.63, 3.8) is 0 Å². The summed E-state index contributed by atoms with van der Waals surface area (Å²) in [6.45, 7) is 1.41. The highest BCUT2D eigenvalue weighted by atomic mass is 16.4. The summed E-state index contributed by atoms with van der Waals surface area (Å²) in [5.41, 5.74) is 2.13. The minimum absolute atomic E-state index is 0.0139. The van der Waals surface area contributed by atoms with E-state index in [4.69, 9.17) is 10.4 Å². The van der Waals surface area contributed by atoms with E-state index < -0.39 is 18.4 Å². The van der Waals surface area contributed by atoms with E-state index in [1.807, 2.05) is 13.0 Å². The van der Waals surface area contributed by atoms with Gasteiger partial charge < -0.3 is 15.7 Å². The predicted molar refractivity (Wildman–Crippen MR) is 65.0 cm³/mol. The standard InChI is InChI=1S/C12H13N3O3/c1-8-4-9(5-13)2-3-10(8)14-6-11(16)15-7-12(17)18/h2-4,14H,6-7H2,1H3,(H,15,16)(H,17,18). The smallest absolute Gasteiger partial charge is 0.322 e. The number of carbonyl (C=O) groups excluding carboxylic acids is 1. The monoisotopic (exact) mass is 247 g/mol. The number of anilines is 1. The van der Waals surface area contributed by atoms with E-state index in [1.165, 1.54) is 0 Å². The van der Waals surface area contributed by atoms with E-state index in [-0.39, 0.29) is 6.54 Å². The summed E-state index contributed by atoms with van der Waals surface area (Å²) in [6, 6.07) is 7.08. The number of aliphatic carboxylic acids is 1. The number of hydrogen-bond acceptors (Lipinski definition) is 4. The Morgan fingerprint density at radius 2 is 2.11 bits per heavy atom. The number of nitrogens with one attached hydrogen (secondary N) is 2. The normalized spacial score (nSPS) is 9.33. The van der Waals surface area contributed by atoms with Crippen LogP contribution in [0.1, 0.15) is 11.1 Å². The number of benzene rings is 1. The first-order valence-corrected chi connectivity index (χ1v) is 5.26. The van der Waals surface area contributed by atoms with Crippen LogP contribution in [-0.4, -0.2) is 30.1 Å². The first-order chi connectivity index (χ1) is 8.52. The Kier molecular flexibility index (Phi) is 4.69. The third-order valence-corrected chi connectivity index (χ3v) is 2.23. The Balaban J connectivity index is 2.51. The number of carboxylic acids is 1. The molecule has 1 rings (SSSR count). The average Bonchev–Trinajstić information content (AvgIpc) is 2.34. The molecule has 18 heavy (non-hydrogen) atoms. The molecule has 0 radical (unpaired) electrons. The lowest BCUT2D eigenvalue weighted by Gasteiger charge is -2.09. The number of nitrogens with zero attached hydrogens (tertiary/aromatic N) is 1. The van der Waals surface area contributed by atoms with Crippen LogP contribution < -0.4 is 10.6 Å². The molecule has 3 N–H and O–H groups in total. The quantitative estimate of drug-likeness (QED) is 0.702. The van der Waals surface area contributed by atoms with Crippen molar-refractivity contribution in [3.8, 4) is 6.07 Å². The molecule has 0 spiro atoms. The second kappa shape index (κ2) is 6.25. The van der Waals surface area contributed by atoms with Gasteiger partial charge in [0.2, 0.25) is 5.91 Å².